The van der Waals surface area contributed by atoms with Gasteiger partial charge >= 0.3 is 11.6 Å². The fraction of sp³-hybridized carbons (Fsp3) is 0.138. The monoisotopic (exact) mass is 496 g/mol. The third-order valence-electron chi connectivity index (χ3n) is 6.46. The average Bonchev–Trinajstić information content (AvgIpc) is 3.31. The first-order valence-corrected chi connectivity index (χ1v) is 11.8. The summed E-state index contributed by atoms with van der Waals surface area (Å²) in [5.74, 6) is -1.87. The summed E-state index contributed by atoms with van der Waals surface area (Å²) in [5, 5.41) is 21.3. The second-order valence-electron chi connectivity index (χ2n) is 8.82. The van der Waals surface area contributed by atoms with Gasteiger partial charge in [0.15, 0.2) is 0 Å². The molecule has 0 fully saturated rings. The van der Waals surface area contributed by atoms with Crippen LogP contribution in [0.5, 0.6) is 5.75 Å². The number of nitrogens with zero attached hydrogens (tertiary/aromatic N) is 1. The van der Waals surface area contributed by atoms with Gasteiger partial charge in [-0.1, -0.05) is 48.5 Å². The number of aliphatic carboxylic acids is 1. The van der Waals surface area contributed by atoms with E-state index in [0.29, 0.717) is 23.0 Å². The van der Waals surface area contributed by atoms with Crippen LogP contribution < -0.4 is 5.63 Å². The fourth-order valence-corrected chi connectivity index (χ4v) is 4.53. The first-order valence-electron chi connectivity index (χ1n) is 11.8. The number of carbonyl (C=O) groups excluding carboxylic acids is 1. The fourth-order valence-electron chi connectivity index (χ4n) is 4.53. The summed E-state index contributed by atoms with van der Waals surface area (Å²) in [6.45, 7) is 0.0575. The largest absolute Gasteiger partial charge is 0.508 e. The minimum absolute atomic E-state index is 0.00580. The molecule has 0 aliphatic heterocycles. The molecule has 1 atom stereocenters. The predicted molar refractivity (Wildman–Crippen MR) is 139 cm³/mol. The summed E-state index contributed by atoms with van der Waals surface area (Å²) in [7, 11) is 0. The molecule has 5 rings (SSSR count). The summed E-state index contributed by atoms with van der Waals surface area (Å²) < 4.78 is 5.36. The van der Waals surface area contributed by atoms with Gasteiger partial charge < -0.3 is 24.5 Å². The summed E-state index contributed by atoms with van der Waals surface area (Å²) in [6, 6.07) is 20.9. The van der Waals surface area contributed by atoms with E-state index < -0.39 is 23.5 Å². The molecular weight excluding hydrogens is 472 g/mol. The molecule has 2 aromatic heterocycles. The molecule has 3 N–H and O–H groups in total. The van der Waals surface area contributed by atoms with Crippen molar-refractivity contribution in [2.75, 3.05) is 6.54 Å². The summed E-state index contributed by atoms with van der Waals surface area (Å²) in [5.41, 5.74) is 1.77. The third-order valence-corrected chi connectivity index (χ3v) is 6.46. The number of amides is 1. The number of carbonyl (C=O) groups is 2. The van der Waals surface area contributed by atoms with Gasteiger partial charge in [0.05, 0.1) is 0 Å². The number of benzene rings is 3. The van der Waals surface area contributed by atoms with Gasteiger partial charge in [-0.25, -0.2) is 9.59 Å². The Hall–Kier alpha value is -4.85. The second kappa shape index (κ2) is 10.0. The molecule has 0 aliphatic rings. The van der Waals surface area contributed by atoms with E-state index in [1.54, 1.807) is 36.4 Å². The summed E-state index contributed by atoms with van der Waals surface area (Å²) >= 11 is 0. The number of hydrogen-bond acceptors (Lipinski definition) is 5. The first-order chi connectivity index (χ1) is 17.9. The van der Waals surface area contributed by atoms with Gasteiger partial charge in [0.1, 0.15) is 22.9 Å². The van der Waals surface area contributed by atoms with E-state index in [1.165, 1.54) is 23.1 Å². The quantitative estimate of drug-likeness (QED) is 0.274. The van der Waals surface area contributed by atoms with Crippen LogP contribution in [0.4, 0.5) is 0 Å². The molecule has 186 valence electrons. The lowest BCUT2D eigenvalue weighted by atomic mass is 10.0. The Morgan fingerprint density at radius 1 is 0.973 bits per heavy atom. The maximum atomic E-state index is 13.8. The molecule has 0 saturated carbocycles. The molecule has 0 saturated heterocycles. The number of carboxylic acid groups (broad SMARTS) is 1. The molecule has 3 aromatic carbocycles. The Bertz CT molecular complexity index is 1650. The van der Waals surface area contributed by atoms with Crippen LogP contribution >= 0.6 is 0 Å². The van der Waals surface area contributed by atoms with E-state index in [1.807, 2.05) is 30.5 Å². The van der Waals surface area contributed by atoms with Crippen molar-refractivity contribution in [3.63, 3.8) is 0 Å². The van der Waals surface area contributed by atoms with Crippen molar-refractivity contribution >= 4 is 33.7 Å². The smallest absolute Gasteiger partial charge is 0.349 e. The predicted octanol–water partition coefficient (Wildman–Crippen LogP) is 4.36. The molecule has 2 heterocycles. The highest BCUT2D eigenvalue weighted by Crippen LogP contribution is 2.22. The Labute approximate surface area is 211 Å². The number of para-hydroxylation sites is 2. The lowest BCUT2D eigenvalue weighted by molar-refractivity contribution is -0.142. The van der Waals surface area contributed by atoms with Crippen LogP contribution in [-0.2, 0) is 17.6 Å². The second-order valence-corrected chi connectivity index (χ2v) is 8.82. The van der Waals surface area contributed by atoms with Crippen LogP contribution in [-0.4, -0.2) is 44.6 Å². The molecule has 8 heteroatoms. The number of aromatic amines is 1. The number of H-pyrrole nitrogens is 1. The van der Waals surface area contributed by atoms with E-state index in [4.69, 9.17) is 4.42 Å². The Balaban J connectivity index is 1.53. The maximum Gasteiger partial charge on any atom is 0.349 e. The van der Waals surface area contributed by atoms with Crippen LogP contribution in [0.3, 0.4) is 0 Å². The normalized spacial score (nSPS) is 12.0. The number of phenols is 1. The van der Waals surface area contributed by atoms with Gasteiger partial charge in [0, 0.05) is 35.5 Å². The first kappa shape index (κ1) is 23.9. The number of aromatic nitrogens is 1. The van der Waals surface area contributed by atoms with Gasteiger partial charge in [0.25, 0.3) is 5.91 Å². The Kier molecular flexibility index (Phi) is 6.47. The number of aromatic hydroxyl groups is 1. The molecule has 5 aromatic rings. The topological polar surface area (TPSA) is 124 Å². The van der Waals surface area contributed by atoms with Crippen molar-refractivity contribution in [3.8, 4) is 5.75 Å². The standard InChI is InChI=1S/C29H24N2O6/c32-21-11-9-18(10-12-21)15-25(28(34)35)31(14-13-20-17-30-24-7-3-2-6-22(20)24)27(33)23-16-19-5-1-4-8-26(19)37-29(23)36/h1-12,16-17,25,30,32H,13-15H2,(H,34,35)/t25-/m1/s1. The molecule has 37 heavy (non-hydrogen) atoms. The molecule has 0 aliphatic carbocycles. The lowest BCUT2D eigenvalue weighted by Crippen LogP contribution is -2.48. The van der Waals surface area contributed by atoms with E-state index >= 15 is 0 Å². The molecular formula is C29H24N2O6. The highest BCUT2D eigenvalue weighted by molar-refractivity contribution is 5.98. The van der Waals surface area contributed by atoms with Gasteiger partial charge in [-0.2, -0.15) is 0 Å². The highest BCUT2D eigenvalue weighted by atomic mass is 16.4. The molecule has 0 unspecified atom stereocenters. The minimum atomic E-state index is -1.26. The van der Waals surface area contributed by atoms with E-state index in [9.17, 15) is 24.6 Å². The number of nitrogens with one attached hydrogen (secondary N) is 1. The summed E-state index contributed by atoms with van der Waals surface area (Å²) in [4.78, 5) is 43.4. The van der Waals surface area contributed by atoms with Crippen molar-refractivity contribution < 1.29 is 24.2 Å². The van der Waals surface area contributed by atoms with Crippen molar-refractivity contribution in [2.24, 2.45) is 0 Å². The molecule has 8 nitrogen and oxygen atoms in total. The molecule has 0 bridgehead atoms. The van der Waals surface area contributed by atoms with Gasteiger partial charge in [-0.3, -0.25) is 4.79 Å². The molecule has 0 spiro atoms. The van der Waals surface area contributed by atoms with Crippen molar-refractivity contribution in [3.05, 3.63) is 112 Å². The summed E-state index contributed by atoms with van der Waals surface area (Å²) in [6.07, 6.45) is 2.20. The van der Waals surface area contributed by atoms with Crippen LogP contribution in [0.25, 0.3) is 21.9 Å². The molecule has 0 radical (unpaired) electrons. The van der Waals surface area contributed by atoms with E-state index in [2.05, 4.69) is 4.98 Å². The Morgan fingerprint density at radius 2 is 1.70 bits per heavy atom. The van der Waals surface area contributed by atoms with Crippen LogP contribution in [0.15, 0.2) is 94.3 Å². The number of carboxylic acids is 1. The van der Waals surface area contributed by atoms with Crippen LogP contribution in [0, 0.1) is 0 Å². The number of hydrogen-bond donors (Lipinski definition) is 3. The van der Waals surface area contributed by atoms with Gasteiger partial charge in [0.2, 0.25) is 0 Å². The van der Waals surface area contributed by atoms with E-state index in [0.717, 1.165) is 16.5 Å². The SMILES string of the molecule is O=C(O)[C@@H](Cc1ccc(O)cc1)N(CCc1c[nH]c2ccccc12)C(=O)c1cc2ccccc2oc1=O. The van der Waals surface area contributed by atoms with Crippen LogP contribution in [0.1, 0.15) is 21.5 Å². The average molecular weight is 497 g/mol. The molecule has 1 amide bonds. The van der Waals surface area contributed by atoms with Crippen molar-refractivity contribution in [1.29, 1.82) is 0 Å². The minimum Gasteiger partial charge on any atom is -0.508 e. The van der Waals surface area contributed by atoms with Gasteiger partial charge in [-0.05, 0) is 47.9 Å². The zero-order chi connectivity index (χ0) is 25.9. The lowest BCUT2D eigenvalue weighted by Gasteiger charge is -2.29. The third kappa shape index (κ3) is 4.95. The Morgan fingerprint density at radius 3 is 2.49 bits per heavy atom. The van der Waals surface area contributed by atoms with Crippen LogP contribution in [0.2, 0.25) is 0 Å². The number of fused-ring (bicyclic) bond motifs is 2. The number of rotatable bonds is 8. The van der Waals surface area contributed by atoms with Crippen molar-refractivity contribution in [1.82, 2.24) is 9.88 Å². The zero-order valence-corrected chi connectivity index (χ0v) is 19.8. The number of phenolic OH excluding ortho intramolecular Hbond substituents is 1. The van der Waals surface area contributed by atoms with Crippen molar-refractivity contribution in [2.45, 2.75) is 18.9 Å². The van der Waals surface area contributed by atoms with E-state index in [-0.39, 0.29) is 24.3 Å². The van der Waals surface area contributed by atoms with Gasteiger partial charge in [-0.15, -0.1) is 0 Å². The highest BCUT2D eigenvalue weighted by Gasteiger charge is 2.32. The maximum absolute atomic E-state index is 13.8. The zero-order valence-electron chi connectivity index (χ0n) is 19.8.